The van der Waals surface area contributed by atoms with E-state index in [2.05, 4.69) is 34.5 Å². The smallest absolute Gasteiger partial charge is 0.262 e. The molecule has 0 aliphatic rings. The van der Waals surface area contributed by atoms with Gasteiger partial charge in [-0.05, 0) is 67.8 Å². The van der Waals surface area contributed by atoms with Gasteiger partial charge in [-0.3, -0.25) is 4.79 Å². The lowest BCUT2D eigenvalue weighted by Gasteiger charge is -2.09. The maximum absolute atomic E-state index is 12.3. The summed E-state index contributed by atoms with van der Waals surface area (Å²) in [5.41, 5.74) is 5.44. The largest absolute Gasteiger partial charge is 0.467 e. The number of amides is 1. The van der Waals surface area contributed by atoms with E-state index in [4.69, 9.17) is 16.3 Å². The van der Waals surface area contributed by atoms with Gasteiger partial charge >= 0.3 is 0 Å². The Bertz CT molecular complexity index is 1230. The van der Waals surface area contributed by atoms with Crippen molar-refractivity contribution >= 4 is 34.2 Å². The predicted octanol–water partition coefficient (Wildman–Crippen LogP) is 5.27. The highest BCUT2D eigenvalue weighted by atomic mass is 35.5. The molecule has 0 bridgehead atoms. The average Bonchev–Trinajstić information content (AvgIpc) is 3.11. The second kappa shape index (κ2) is 8.78. The van der Waals surface area contributed by atoms with Crippen molar-refractivity contribution in [3.63, 3.8) is 0 Å². The highest BCUT2D eigenvalue weighted by molar-refractivity contribution is 6.30. The maximum Gasteiger partial charge on any atom is 0.262 e. The number of carbonyl (C=O) groups excluding carboxylic acids is 1. The topological polar surface area (TPSA) is 69.0 Å². The Hall–Kier alpha value is -3.38. The van der Waals surface area contributed by atoms with Gasteiger partial charge in [0.15, 0.2) is 12.3 Å². The monoisotopic (exact) mass is 434 g/mol. The number of ether oxygens (including phenoxy) is 1. The number of rotatable bonds is 6. The van der Waals surface area contributed by atoms with Crippen LogP contribution in [0, 0.1) is 13.8 Å². The molecule has 0 aliphatic heterocycles. The Labute approximate surface area is 185 Å². The van der Waals surface area contributed by atoms with Crippen LogP contribution in [0.1, 0.15) is 23.7 Å². The van der Waals surface area contributed by atoms with Crippen LogP contribution in [0.15, 0.2) is 54.6 Å². The van der Waals surface area contributed by atoms with E-state index >= 15 is 0 Å². The van der Waals surface area contributed by atoms with Crippen molar-refractivity contribution in [3.8, 4) is 11.6 Å². The van der Waals surface area contributed by atoms with Gasteiger partial charge < -0.3 is 10.1 Å². The molecule has 0 unspecified atom stereocenters. The number of halogens is 1. The fourth-order valence-electron chi connectivity index (χ4n) is 3.47. The summed E-state index contributed by atoms with van der Waals surface area (Å²) in [7, 11) is 0. The maximum atomic E-state index is 12.3. The quantitative estimate of drug-likeness (QED) is 0.448. The summed E-state index contributed by atoms with van der Waals surface area (Å²) in [6.45, 7) is 5.93. The minimum atomic E-state index is -0.276. The number of nitrogens with one attached hydrogen (secondary N) is 1. The van der Waals surface area contributed by atoms with Crippen LogP contribution in [0.2, 0.25) is 5.02 Å². The fraction of sp³-hybridized carbons (Fsp3) is 0.208. The third-order valence-corrected chi connectivity index (χ3v) is 5.31. The fourth-order valence-corrected chi connectivity index (χ4v) is 3.60. The van der Waals surface area contributed by atoms with E-state index in [-0.39, 0.29) is 12.5 Å². The second-order valence-electron chi connectivity index (χ2n) is 7.34. The van der Waals surface area contributed by atoms with Gasteiger partial charge in [-0.2, -0.15) is 10.1 Å². The molecule has 0 fully saturated rings. The molecule has 0 saturated heterocycles. The zero-order valence-electron chi connectivity index (χ0n) is 17.6. The van der Waals surface area contributed by atoms with Crippen LogP contribution in [0.5, 0.6) is 5.88 Å². The molecule has 158 valence electrons. The second-order valence-corrected chi connectivity index (χ2v) is 7.77. The lowest BCUT2D eigenvalue weighted by atomic mass is 10.1. The number of aryl methyl sites for hydroxylation is 3. The first-order valence-corrected chi connectivity index (χ1v) is 10.5. The predicted molar refractivity (Wildman–Crippen MR) is 123 cm³/mol. The molecule has 6 nitrogen and oxygen atoms in total. The Kier molecular flexibility index (Phi) is 5.91. The lowest BCUT2D eigenvalue weighted by Crippen LogP contribution is -2.20. The van der Waals surface area contributed by atoms with Gasteiger partial charge in [0.2, 0.25) is 5.88 Å². The minimum Gasteiger partial charge on any atom is -0.467 e. The third-order valence-electron chi connectivity index (χ3n) is 5.05. The molecule has 7 heteroatoms. The molecule has 2 aromatic heterocycles. The number of carbonyl (C=O) groups is 1. The van der Waals surface area contributed by atoms with Crippen molar-refractivity contribution in [2.24, 2.45) is 0 Å². The van der Waals surface area contributed by atoms with Gasteiger partial charge in [0, 0.05) is 22.2 Å². The number of pyridine rings is 1. The van der Waals surface area contributed by atoms with Crippen LogP contribution in [0.25, 0.3) is 16.7 Å². The van der Waals surface area contributed by atoms with E-state index in [1.807, 2.05) is 36.7 Å². The van der Waals surface area contributed by atoms with E-state index in [1.165, 1.54) is 5.56 Å². The Balaban J connectivity index is 1.57. The number of hydrogen-bond acceptors (Lipinski definition) is 4. The lowest BCUT2D eigenvalue weighted by molar-refractivity contribution is -0.118. The molecule has 1 amide bonds. The first kappa shape index (κ1) is 20.9. The third kappa shape index (κ3) is 4.54. The molecule has 31 heavy (non-hydrogen) atoms. The first-order valence-electron chi connectivity index (χ1n) is 10.1. The number of aromatic nitrogens is 3. The molecular formula is C24H23ClN4O2. The van der Waals surface area contributed by atoms with Crippen molar-refractivity contribution in [3.05, 3.63) is 76.4 Å². The SMILES string of the molecule is CCc1ccc(-n2nc(C)c3c(C)cc(OCC(=O)Nc4ccc(Cl)cc4)nc32)cc1. The average molecular weight is 435 g/mol. The van der Waals surface area contributed by atoms with Crippen LogP contribution in [0.3, 0.4) is 0 Å². The summed E-state index contributed by atoms with van der Waals surface area (Å²) < 4.78 is 7.52. The summed E-state index contributed by atoms with van der Waals surface area (Å²) in [6, 6.07) is 17.0. The molecule has 0 aliphatic carbocycles. The minimum absolute atomic E-state index is 0.154. The summed E-state index contributed by atoms with van der Waals surface area (Å²) in [5.74, 6) is 0.101. The Morgan fingerprint density at radius 3 is 2.48 bits per heavy atom. The van der Waals surface area contributed by atoms with E-state index in [0.29, 0.717) is 22.2 Å². The van der Waals surface area contributed by atoms with Gasteiger partial charge in [-0.1, -0.05) is 30.7 Å². The molecule has 0 saturated carbocycles. The first-order chi connectivity index (χ1) is 14.9. The van der Waals surface area contributed by atoms with Crippen LogP contribution in [0.4, 0.5) is 5.69 Å². The number of hydrogen-bond donors (Lipinski definition) is 1. The van der Waals surface area contributed by atoms with Crippen molar-refractivity contribution in [2.75, 3.05) is 11.9 Å². The van der Waals surface area contributed by atoms with E-state index in [0.717, 1.165) is 28.8 Å². The van der Waals surface area contributed by atoms with Crippen molar-refractivity contribution in [2.45, 2.75) is 27.2 Å². The van der Waals surface area contributed by atoms with Gasteiger partial charge in [0.05, 0.1) is 11.4 Å². The van der Waals surface area contributed by atoms with Crippen molar-refractivity contribution in [1.82, 2.24) is 14.8 Å². The Morgan fingerprint density at radius 1 is 1.10 bits per heavy atom. The number of anilines is 1. The van der Waals surface area contributed by atoms with Crippen LogP contribution in [-0.2, 0) is 11.2 Å². The summed E-state index contributed by atoms with van der Waals surface area (Å²) in [4.78, 5) is 16.9. The van der Waals surface area contributed by atoms with Crippen LogP contribution >= 0.6 is 11.6 Å². The number of fused-ring (bicyclic) bond motifs is 1. The van der Waals surface area contributed by atoms with Crippen molar-refractivity contribution < 1.29 is 9.53 Å². The molecule has 0 radical (unpaired) electrons. The standard InChI is InChI=1S/C24H23ClN4O2/c1-4-17-5-11-20(12-6-17)29-24-23(16(3)28-29)15(2)13-22(27-24)31-14-21(30)26-19-9-7-18(25)8-10-19/h5-13H,4,14H2,1-3H3,(H,26,30). The molecule has 2 aromatic carbocycles. The summed E-state index contributed by atoms with van der Waals surface area (Å²) >= 11 is 5.87. The van der Waals surface area contributed by atoms with Crippen molar-refractivity contribution in [1.29, 1.82) is 0 Å². The number of nitrogens with zero attached hydrogens (tertiary/aromatic N) is 3. The van der Waals surface area contributed by atoms with Gasteiger partial charge in [0.1, 0.15) is 0 Å². The zero-order valence-corrected chi connectivity index (χ0v) is 18.4. The highest BCUT2D eigenvalue weighted by Gasteiger charge is 2.15. The normalized spacial score (nSPS) is 11.0. The van der Waals surface area contributed by atoms with Crippen LogP contribution in [-0.4, -0.2) is 27.3 Å². The van der Waals surface area contributed by atoms with E-state index in [1.54, 1.807) is 24.3 Å². The summed E-state index contributed by atoms with van der Waals surface area (Å²) in [6.07, 6.45) is 0.979. The molecule has 0 atom stereocenters. The highest BCUT2D eigenvalue weighted by Crippen LogP contribution is 2.27. The van der Waals surface area contributed by atoms with Gasteiger partial charge in [-0.25, -0.2) is 4.68 Å². The molecule has 4 rings (SSSR count). The number of benzene rings is 2. The van der Waals surface area contributed by atoms with Gasteiger partial charge in [-0.15, -0.1) is 0 Å². The molecule has 0 spiro atoms. The molecule has 1 N–H and O–H groups in total. The molecule has 4 aromatic rings. The molecular weight excluding hydrogens is 412 g/mol. The summed E-state index contributed by atoms with van der Waals surface area (Å²) in [5, 5.41) is 9.05. The molecule has 2 heterocycles. The Morgan fingerprint density at radius 2 is 1.81 bits per heavy atom. The van der Waals surface area contributed by atoms with Gasteiger partial charge in [0.25, 0.3) is 5.91 Å². The zero-order chi connectivity index (χ0) is 22.0. The van der Waals surface area contributed by atoms with E-state index < -0.39 is 0 Å². The van der Waals surface area contributed by atoms with E-state index in [9.17, 15) is 4.79 Å². The van der Waals surface area contributed by atoms with Crippen LogP contribution < -0.4 is 10.1 Å².